The Hall–Kier alpha value is -0.860. The maximum absolute atomic E-state index is 5.36. The van der Waals surface area contributed by atoms with Gasteiger partial charge in [0.15, 0.2) is 0 Å². The summed E-state index contributed by atoms with van der Waals surface area (Å²) in [5.41, 5.74) is 1.33. The van der Waals surface area contributed by atoms with Crippen LogP contribution in [-0.2, 0) is 4.74 Å². The SMILES string of the molecule is CCC(CC1CC1)NC(COC)c1ccccc1. The first-order valence-electron chi connectivity index (χ1n) is 7.13. The van der Waals surface area contributed by atoms with Gasteiger partial charge in [-0.2, -0.15) is 0 Å². The molecule has 1 aromatic rings. The molecule has 2 nitrogen and oxygen atoms in total. The van der Waals surface area contributed by atoms with Gasteiger partial charge in [0.25, 0.3) is 0 Å². The van der Waals surface area contributed by atoms with Crippen LogP contribution in [0.25, 0.3) is 0 Å². The molecule has 1 aliphatic rings. The average molecular weight is 247 g/mol. The lowest BCUT2D eigenvalue weighted by Gasteiger charge is -2.25. The minimum Gasteiger partial charge on any atom is -0.383 e. The molecule has 1 fully saturated rings. The van der Waals surface area contributed by atoms with Gasteiger partial charge in [-0.25, -0.2) is 0 Å². The van der Waals surface area contributed by atoms with Crippen LogP contribution in [-0.4, -0.2) is 19.8 Å². The van der Waals surface area contributed by atoms with Gasteiger partial charge in [-0.3, -0.25) is 0 Å². The average Bonchev–Trinajstić information content (AvgIpc) is 3.22. The first-order valence-corrected chi connectivity index (χ1v) is 7.13. The molecule has 2 unspecified atom stereocenters. The normalized spacial score (nSPS) is 18.6. The van der Waals surface area contributed by atoms with Gasteiger partial charge in [0.1, 0.15) is 0 Å². The summed E-state index contributed by atoms with van der Waals surface area (Å²) in [4.78, 5) is 0. The zero-order valence-corrected chi connectivity index (χ0v) is 11.6. The molecule has 2 heteroatoms. The minimum absolute atomic E-state index is 0.319. The topological polar surface area (TPSA) is 21.3 Å². The Morgan fingerprint density at radius 1 is 1.28 bits per heavy atom. The first kappa shape index (κ1) is 13.6. The molecular formula is C16H25NO. The van der Waals surface area contributed by atoms with Gasteiger partial charge in [-0.05, 0) is 24.3 Å². The Morgan fingerprint density at radius 2 is 2.00 bits per heavy atom. The molecule has 100 valence electrons. The van der Waals surface area contributed by atoms with Crippen molar-refractivity contribution in [3.8, 4) is 0 Å². The molecular weight excluding hydrogens is 222 g/mol. The van der Waals surface area contributed by atoms with Crippen LogP contribution < -0.4 is 5.32 Å². The molecule has 0 heterocycles. The maximum atomic E-state index is 5.36. The van der Waals surface area contributed by atoms with Gasteiger partial charge in [-0.15, -0.1) is 0 Å². The number of hydrogen-bond acceptors (Lipinski definition) is 2. The van der Waals surface area contributed by atoms with E-state index < -0.39 is 0 Å². The molecule has 2 atom stereocenters. The fraction of sp³-hybridized carbons (Fsp3) is 0.625. The third-order valence-corrected chi connectivity index (χ3v) is 3.78. The lowest BCUT2D eigenvalue weighted by molar-refractivity contribution is 0.158. The number of nitrogens with one attached hydrogen (secondary N) is 1. The van der Waals surface area contributed by atoms with E-state index in [0.29, 0.717) is 12.1 Å². The van der Waals surface area contributed by atoms with Crippen LogP contribution in [0.15, 0.2) is 30.3 Å². The molecule has 0 saturated heterocycles. The zero-order chi connectivity index (χ0) is 12.8. The van der Waals surface area contributed by atoms with E-state index in [9.17, 15) is 0 Å². The predicted molar refractivity (Wildman–Crippen MR) is 75.6 cm³/mol. The van der Waals surface area contributed by atoms with Crippen LogP contribution >= 0.6 is 0 Å². The summed E-state index contributed by atoms with van der Waals surface area (Å²) in [7, 11) is 1.78. The Morgan fingerprint density at radius 3 is 2.56 bits per heavy atom. The number of methoxy groups -OCH3 is 1. The molecule has 0 aliphatic heterocycles. The predicted octanol–water partition coefficient (Wildman–Crippen LogP) is 3.54. The van der Waals surface area contributed by atoms with E-state index in [0.717, 1.165) is 12.5 Å². The molecule has 0 bridgehead atoms. The highest BCUT2D eigenvalue weighted by atomic mass is 16.5. The van der Waals surface area contributed by atoms with Crippen molar-refractivity contribution in [2.45, 2.75) is 44.7 Å². The summed E-state index contributed by atoms with van der Waals surface area (Å²) in [6.45, 7) is 3.01. The first-order chi connectivity index (χ1) is 8.83. The Labute approximate surface area is 111 Å². The Kier molecular flexibility index (Phi) is 5.21. The van der Waals surface area contributed by atoms with Crippen molar-refractivity contribution in [3.63, 3.8) is 0 Å². The maximum Gasteiger partial charge on any atom is 0.0657 e. The summed E-state index contributed by atoms with van der Waals surface area (Å²) in [6.07, 6.45) is 5.38. The van der Waals surface area contributed by atoms with Crippen LogP contribution in [0.3, 0.4) is 0 Å². The molecule has 1 saturated carbocycles. The minimum atomic E-state index is 0.319. The van der Waals surface area contributed by atoms with Crippen molar-refractivity contribution in [1.82, 2.24) is 5.32 Å². The lowest BCUT2D eigenvalue weighted by atomic mass is 10.0. The van der Waals surface area contributed by atoms with Gasteiger partial charge in [-0.1, -0.05) is 50.1 Å². The number of rotatable bonds is 8. The van der Waals surface area contributed by atoms with Crippen molar-refractivity contribution in [3.05, 3.63) is 35.9 Å². The van der Waals surface area contributed by atoms with E-state index in [1.54, 1.807) is 7.11 Å². The van der Waals surface area contributed by atoms with E-state index >= 15 is 0 Å². The van der Waals surface area contributed by atoms with Gasteiger partial charge in [0.05, 0.1) is 12.6 Å². The van der Waals surface area contributed by atoms with Crippen LogP contribution in [0.2, 0.25) is 0 Å². The van der Waals surface area contributed by atoms with Crippen molar-refractivity contribution in [1.29, 1.82) is 0 Å². The molecule has 1 N–H and O–H groups in total. The molecule has 1 aliphatic carbocycles. The van der Waals surface area contributed by atoms with Crippen LogP contribution in [0.5, 0.6) is 0 Å². The second-order valence-corrected chi connectivity index (χ2v) is 5.37. The van der Waals surface area contributed by atoms with Gasteiger partial charge in [0, 0.05) is 13.2 Å². The van der Waals surface area contributed by atoms with Crippen LogP contribution in [0.4, 0.5) is 0 Å². The highest BCUT2D eigenvalue weighted by molar-refractivity contribution is 5.19. The van der Waals surface area contributed by atoms with Crippen molar-refractivity contribution >= 4 is 0 Å². The molecule has 0 radical (unpaired) electrons. The van der Waals surface area contributed by atoms with Crippen molar-refractivity contribution < 1.29 is 4.74 Å². The van der Waals surface area contributed by atoms with Crippen molar-refractivity contribution in [2.75, 3.05) is 13.7 Å². The summed E-state index contributed by atoms with van der Waals surface area (Å²) in [6, 6.07) is 11.6. The van der Waals surface area contributed by atoms with E-state index in [-0.39, 0.29) is 0 Å². The summed E-state index contributed by atoms with van der Waals surface area (Å²) in [5, 5.41) is 3.77. The van der Waals surface area contributed by atoms with Crippen LogP contribution in [0, 0.1) is 5.92 Å². The molecule has 18 heavy (non-hydrogen) atoms. The summed E-state index contributed by atoms with van der Waals surface area (Å²) >= 11 is 0. The molecule has 0 aromatic heterocycles. The molecule has 0 amide bonds. The summed E-state index contributed by atoms with van der Waals surface area (Å²) in [5.74, 6) is 0.974. The second kappa shape index (κ2) is 6.91. The number of benzene rings is 1. The molecule has 2 rings (SSSR count). The van der Waals surface area contributed by atoms with Gasteiger partial charge >= 0.3 is 0 Å². The highest BCUT2D eigenvalue weighted by Gasteiger charge is 2.26. The number of ether oxygens (including phenoxy) is 1. The second-order valence-electron chi connectivity index (χ2n) is 5.37. The quantitative estimate of drug-likeness (QED) is 0.758. The lowest BCUT2D eigenvalue weighted by Crippen LogP contribution is -2.35. The fourth-order valence-electron chi connectivity index (χ4n) is 2.49. The smallest absolute Gasteiger partial charge is 0.0657 e. The number of hydrogen-bond donors (Lipinski definition) is 1. The van der Waals surface area contributed by atoms with E-state index in [4.69, 9.17) is 4.74 Å². The molecule has 0 spiro atoms. The van der Waals surface area contributed by atoms with Gasteiger partial charge < -0.3 is 10.1 Å². The van der Waals surface area contributed by atoms with E-state index in [2.05, 4.69) is 42.6 Å². The zero-order valence-electron chi connectivity index (χ0n) is 11.6. The van der Waals surface area contributed by atoms with Crippen molar-refractivity contribution in [2.24, 2.45) is 5.92 Å². The Bertz CT molecular complexity index is 334. The summed E-state index contributed by atoms with van der Waals surface area (Å²) < 4.78 is 5.36. The molecule has 1 aromatic carbocycles. The fourth-order valence-corrected chi connectivity index (χ4v) is 2.49. The standard InChI is InChI=1S/C16H25NO/c1-3-15(11-13-9-10-13)17-16(12-18-2)14-7-5-4-6-8-14/h4-8,13,15-17H,3,9-12H2,1-2H3. The largest absolute Gasteiger partial charge is 0.383 e. The highest BCUT2D eigenvalue weighted by Crippen LogP contribution is 2.34. The third kappa shape index (κ3) is 4.11. The third-order valence-electron chi connectivity index (χ3n) is 3.78. The van der Waals surface area contributed by atoms with Gasteiger partial charge in [0.2, 0.25) is 0 Å². The monoisotopic (exact) mass is 247 g/mol. The van der Waals surface area contributed by atoms with E-state index in [1.807, 2.05) is 0 Å². The van der Waals surface area contributed by atoms with Crippen LogP contribution in [0.1, 0.15) is 44.2 Å². The van der Waals surface area contributed by atoms with E-state index in [1.165, 1.54) is 31.2 Å². The Balaban J connectivity index is 1.95.